The number of nitrogens with zero attached hydrogens (tertiary/aromatic N) is 2. The molecule has 0 spiro atoms. The molecule has 2 aromatic carbocycles. The summed E-state index contributed by atoms with van der Waals surface area (Å²) in [6.07, 6.45) is 5.72. The van der Waals surface area contributed by atoms with Crippen LogP contribution < -0.4 is 10.6 Å². The van der Waals surface area contributed by atoms with Crippen LogP contribution in [-0.2, 0) is 12.2 Å². The SMILES string of the molecule is Cn1cnc(-c2cc(C(=O)NC3CC3)ccc2Nc2ccc(C(F)(P)P)cc2)c1. The fourth-order valence-electron chi connectivity index (χ4n) is 3.02. The van der Waals surface area contributed by atoms with Crippen LogP contribution in [0.4, 0.5) is 15.8 Å². The second kappa shape index (κ2) is 7.85. The van der Waals surface area contributed by atoms with E-state index >= 15 is 0 Å². The molecule has 0 radical (unpaired) electrons. The van der Waals surface area contributed by atoms with E-state index in [-0.39, 0.29) is 5.91 Å². The molecule has 2 N–H and O–H groups in total. The zero-order valence-corrected chi connectivity index (χ0v) is 18.3. The van der Waals surface area contributed by atoms with Crippen molar-refractivity contribution in [3.05, 3.63) is 66.1 Å². The van der Waals surface area contributed by atoms with Crippen molar-refractivity contribution >= 4 is 35.8 Å². The highest BCUT2D eigenvalue weighted by atomic mass is 31.1. The largest absolute Gasteiger partial charge is 0.355 e. The van der Waals surface area contributed by atoms with E-state index in [1.54, 1.807) is 24.5 Å². The van der Waals surface area contributed by atoms with E-state index in [1.165, 1.54) is 0 Å². The Morgan fingerprint density at radius 1 is 1.21 bits per heavy atom. The zero-order valence-electron chi connectivity index (χ0n) is 16.0. The Balaban J connectivity index is 1.65. The van der Waals surface area contributed by atoms with Crippen LogP contribution in [0.5, 0.6) is 0 Å². The van der Waals surface area contributed by atoms with Gasteiger partial charge in [-0.1, -0.05) is 30.6 Å². The van der Waals surface area contributed by atoms with E-state index < -0.39 is 5.15 Å². The molecule has 0 aliphatic heterocycles. The lowest BCUT2D eigenvalue weighted by atomic mass is 10.0. The number of aromatic nitrogens is 2. The van der Waals surface area contributed by atoms with Gasteiger partial charge in [0.15, 0.2) is 5.15 Å². The molecule has 1 amide bonds. The maximum Gasteiger partial charge on any atom is 0.251 e. The summed E-state index contributed by atoms with van der Waals surface area (Å²) >= 11 is 0. The van der Waals surface area contributed by atoms with Gasteiger partial charge in [0.25, 0.3) is 5.91 Å². The summed E-state index contributed by atoms with van der Waals surface area (Å²) in [5.74, 6) is -0.0687. The van der Waals surface area contributed by atoms with E-state index in [2.05, 4.69) is 34.1 Å². The van der Waals surface area contributed by atoms with Crippen LogP contribution in [0.2, 0.25) is 0 Å². The third-order valence-electron chi connectivity index (χ3n) is 4.78. The van der Waals surface area contributed by atoms with Crippen molar-refractivity contribution in [1.29, 1.82) is 0 Å². The molecule has 3 aromatic rings. The average molecular weight is 428 g/mol. The van der Waals surface area contributed by atoms with E-state index in [0.717, 1.165) is 35.5 Å². The van der Waals surface area contributed by atoms with E-state index in [1.807, 2.05) is 42.1 Å². The number of amides is 1. The van der Waals surface area contributed by atoms with Crippen LogP contribution in [0.15, 0.2) is 55.0 Å². The van der Waals surface area contributed by atoms with Crippen molar-refractivity contribution in [3.63, 3.8) is 0 Å². The molecule has 4 rings (SSSR count). The first-order chi connectivity index (χ1) is 13.8. The lowest BCUT2D eigenvalue weighted by Crippen LogP contribution is -2.25. The Morgan fingerprint density at radius 3 is 2.52 bits per heavy atom. The van der Waals surface area contributed by atoms with Gasteiger partial charge >= 0.3 is 0 Å². The molecule has 1 aliphatic rings. The van der Waals surface area contributed by atoms with Crippen LogP contribution in [0.25, 0.3) is 11.3 Å². The lowest BCUT2D eigenvalue weighted by molar-refractivity contribution is 0.0951. The van der Waals surface area contributed by atoms with Crippen molar-refractivity contribution in [2.24, 2.45) is 7.05 Å². The summed E-state index contributed by atoms with van der Waals surface area (Å²) in [6.45, 7) is 0. The number of aryl methyl sites for hydroxylation is 1. The molecule has 0 bridgehead atoms. The molecular formula is C21H23FN4OP2. The number of hydrogen-bond acceptors (Lipinski definition) is 3. The Bertz CT molecular complexity index is 1040. The molecule has 1 aromatic heterocycles. The fourth-order valence-corrected chi connectivity index (χ4v) is 3.40. The fraction of sp³-hybridized carbons (Fsp3) is 0.238. The molecule has 29 heavy (non-hydrogen) atoms. The van der Waals surface area contributed by atoms with Crippen LogP contribution in [0, 0.1) is 0 Å². The quantitative estimate of drug-likeness (QED) is 0.567. The number of imidazole rings is 1. The van der Waals surface area contributed by atoms with Gasteiger partial charge in [-0.2, -0.15) is 0 Å². The highest BCUT2D eigenvalue weighted by Gasteiger charge is 2.24. The minimum Gasteiger partial charge on any atom is -0.355 e. The van der Waals surface area contributed by atoms with Crippen LogP contribution in [0.3, 0.4) is 0 Å². The topological polar surface area (TPSA) is 59.0 Å². The Hall–Kier alpha value is -2.29. The van der Waals surface area contributed by atoms with Crippen molar-refractivity contribution in [1.82, 2.24) is 14.9 Å². The normalized spacial score (nSPS) is 13.9. The maximum absolute atomic E-state index is 14.0. The third kappa shape index (κ3) is 4.83. The lowest BCUT2D eigenvalue weighted by Gasteiger charge is -2.16. The molecular weight excluding hydrogens is 405 g/mol. The minimum absolute atomic E-state index is 0.0687. The van der Waals surface area contributed by atoms with Gasteiger partial charge in [0, 0.05) is 41.8 Å². The van der Waals surface area contributed by atoms with Gasteiger partial charge in [0.05, 0.1) is 12.0 Å². The molecule has 1 fully saturated rings. The molecule has 1 saturated carbocycles. The second-order valence-electron chi connectivity index (χ2n) is 7.40. The molecule has 5 nitrogen and oxygen atoms in total. The number of anilines is 2. The van der Waals surface area contributed by atoms with Gasteiger partial charge in [0.2, 0.25) is 0 Å². The van der Waals surface area contributed by atoms with Crippen molar-refractivity contribution in [2.45, 2.75) is 24.0 Å². The molecule has 2 unspecified atom stereocenters. The number of rotatable bonds is 6. The van der Waals surface area contributed by atoms with E-state index in [0.29, 0.717) is 17.2 Å². The van der Waals surface area contributed by atoms with Crippen molar-refractivity contribution in [2.75, 3.05) is 5.32 Å². The van der Waals surface area contributed by atoms with Gasteiger partial charge in [-0.3, -0.25) is 4.79 Å². The second-order valence-corrected chi connectivity index (χ2v) is 9.75. The maximum atomic E-state index is 14.0. The summed E-state index contributed by atoms with van der Waals surface area (Å²) in [5, 5.41) is 4.83. The Morgan fingerprint density at radius 2 is 1.93 bits per heavy atom. The molecule has 8 heteroatoms. The van der Waals surface area contributed by atoms with Crippen LogP contribution >= 0.6 is 18.5 Å². The predicted molar refractivity (Wildman–Crippen MR) is 121 cm³/mol. The number of carbonyl (C=O) groups is 1. The van der Waals surface area contributed by atoms with Crippen molar-refractivity contribution < 1.29 is 9.18 Å². The standard InChI is InChI=1S/C21H23FN4OP2/c1-26-11-19(23-12-26)17-10-13(20(27)25-16-7-8-16)2-9-18(17)24-15-5-3-14(4-6-15)21(22,28)29/h2-6,9-12,16,24H,7-8,28-29H2,1H3,(H,25,27). The summed E-state index contributed by atoms with van der Waals surface area (Å²) in [7, 11) is 6.24. The van der Waals surface area contributed by atoms with Gasteiger partial charge in [0.1, 0.15) is 0 Å². The van der Waals surface area contributed by atoms with E-state index in [9.17, 15) is 9.18 Å². The predicted octanol–water partition coefficient (Wildman–Crippen LogP) is 4.55. The number of alkyl halides is 1. The van der Waals surface area contributed by atoms with E-state index in [4.69, 9.17) is 0 Å². The summed E-state index contributed by atoms with van der Waals surface area (Å²) < 4.78 is 15.9. The average Bonchev–Trinajstić information content (AvgIpc) is 3.39. The Labute approximate surface area is 173 Å². The highest BCUT2D eigenvalue weighted by molar-refractivity contribution is 7.38. The number of nitrogens with one attached hydrogen (secondary N) is 2. The first-order valence-electron chi connectivity index (χ1n) is 9.37. The van der Waals surface area contributed by atoms with Crippen molar-refractivity contribution in [3.8, 4) is 11.3 Å². The number of hydrogen-bond donors (Lipinski definition) is 2. The van der Waals surface area contributed by atoms with Gasteiger partial charge in [-0.15, -0.1) is 0 Å². The highest BCUT2D eigenvalue weighted by Crippen LogP contribution is 2.40. The molecule has 1 heterocycles. The number of carbonyl (C=O) groups excluding carboxylic acids is 1. The molecule has 1 aliphatic carbocycles. The monoisotopic (exact) mass is 428 g/mol. The minimum atomic E-state index is -1.55. The van der Waals surface area contributed by atoms with Crippen LogP contribution in [0.1, 0.15) is 28.8 Å². The smallest absolute Gasteiger partial charge is 0.251 e. The number of benzene rings is 2. The van der Waals surface area contributed by atoms with Crippen LogP contribution in [-0.4, -0.2) is 21.5 Å². The molecule has 150 valence electrons. The molecule has 2 atom stereocenters. The van der Waals surface area contributed by atoms with Gasteiger partial charge < -0.3 is 15.2 Å². The third-order valence-corrected chi connectivity index (χ3v) is 5.45. The Kier molecular flexibility index (Phi) is 5.42. The summed E-state index contributed by atoms with van der Waals surface area (Å²) in [6, 6.07) is 13.0. The van der Waals surface area contributed by atoms with Gasteiger partial charge in [-0.25, -0.2) is 9.37 Å². The summed E-state index contributed by atoms with van der Waals surface area (Å²) in [5.41, 5.74) is 4.39. The summed E-state index contributed by atoms with van der Waals surface area (Å²) in [4.78, 5) is 16.9. The number of halogens is 1. The molecule has 0 saturated heterocycles. The zero-order chi connectivity index (χ0) is 20.6. The first-order valence-corrected chi connectivity index (χ1v) is 10.5. The van der Waals surface area contributed by atoms with Gasteiger partial charge in [-0.05, 0) is 48.7 Å². The first kappa shape index (κ1) is 20.0.